The van der Waals surface area contributed by atoms with E-state index in [1.165, 1.54) is 0 Å². The predicted molar refractivity (Wildman–Crippen MR) is 132 cm³/mol. The highest BCUT2D eigenvalue weighted by molar-refractivity contribution is 9.11. The number of amides is 1. The third kappa shape index (κ3) is 3.67. The van der Waals surface area contributed by atoms with Gasteiger partial charge < -0.3 is 5.32 Å². The SMILES string of the molecule is O=C(Nc1c(Br)cc(Br)cc1-c1nc2ccccc2s1)c1ccc2ccccc2c1. The zero-order chi connectivity index (χ0) is 20.7. The van der Waals surface area contributed by atoms with Crippen LogP contribution in [0.3, 0.4) is 0 Å². The molecule has 1 heterocycles. The van der Waals surface area contributed by atoms with Gasteiger partial charge in [-0.1, -0.05) is 58.4 Å². The molecule has 0 spiro atoms. The summed E-state index contributed by atoms with van der Waals surface area (Å²) in [6.45, 7) is 0. The lowest BCUT2D eigenvalue weighted by Crippen LogP contribution is -2.13. The van der Waals surface area contributed by atoms with Crippen molar-refractivity contribution in [1.82, 2.24) is 4.98 Å². The van der Waals surface area contributed by atoms with Crippen molar-refractivity contribution in [3.63, 3.8) is 0 Å². The molecule has 0 radical (unpaired) electrons. The lowest BCUT2D eigenvalue weighted by atomic mass is 10.1. The molecule has 5 aromatic rings. The van der Waals surface area contributed by atoms with Crippen LogP contribution in [0.5, 0.6) is 0 Å². The topological polar surface area (TPSA) is 42.0 Å². The summed E-state index contributed by atoms with van der Waals surface area (Å²) < 4.78 is 2.81. The van der Waals surface area contributed by atoms with Crippen LogP contribution in [0.15, 0.2) is 87.8 Å². The number of thiazole rings is 1. The van der Waals surface area contributed by atoms with Crippen molar-refractivity contribution in [2.75, 3.05) is 5.32 Å². The summed E-state index contributed by atoms with van der Waals surface area (Å²) in [5.41, 5.74) is 3.13. The monoisotopic (exact) mass is 536 g/mol. The Balaban J connectivity index is 1.57. The molecule has 0 fully saturated rings. The summed E-state index contributed by atoms with van der Waals surface area (Å²) in [4.78, 5) is 17.9. The molecule has 6 heteroatoms. The number of halogens is 2. The van der Waals surface area contributed by atoms with Crippen LogP contribution in [-0.2, 0) is 0 Å². The highest BCUT2D eigenvalue weighted by atomic mass is 79.9. The van der Waals surface area contributed by atoms with Gasteiger partial charge in [0.05, 0.1) is 15.9 Å². The Morgan fingerprint density at radius 1 is 0.867 bits per heavy atom. The average molecular weight is 538 g/mol. The quantitative estimate of drug-likeness (QED) is 0.254. The number of anilines is 1. The molecular formula is C24H14Br2N2OS. The average Bonchev–Trinajstić information content (AvgIpc) is 3.19. The molecule has 1 amide bonds. The standard InChI is InChI=1S/C24H14Br2N2OS/c25-17-12-18(24-27-20-7-3-4-8-21(20)30-24)22(19(26)13-17)28-23(29)16-10-9-14-5-1-2-6-15(14)11-16/h1-13H,(H,28,29). The first-order chi connectivity index (χ1) is 14.6. The molecule has 30 heavy (non-hydrogen) atoms. The van der Waals surface area contributed by atoms with Gasteiger partial charge in [0.15, 0.2) is 0 Å². The van der Waals surface area contributed by atoms with E-state index in [2.05, 4.69) is 43.2 Å². The van der Waals surface area contributed by atoms with Gasteiger partial charge in [-0.3, -0.25) is 4.79 Å². The van der Waals surface area contributed by atoms with Crippen molar-refractivity contribution >= 4 is 75.8 Å². The van der Waals surface area contributed by atoms with E-state index >= 15 is 0 Å². The molecule has 3 nitrogen and oxygen atoms in total. The highest BCUT2D eigenvalue weighted by Gasteiger charge is 2.18. The molecule has 0 aliphatic rings. The molecule has 0 bridgehead atoms. The fourth-order valence-corrected chi connectivity index (χ4v) is 5.69. The summed E-state index contributed by atoms with van der Waals surface area (Å²) in [6, 6.07) is 25.7. The second-order valence-corrected chi connectivity index (χ2v) is 9.61. The largest absolute Gasteiger partial charge is 0.320 e. The number of nitrogens with zero attached hydrogens (tertiary/aromatic N) is 1. The molecule has 0 aliphatic heterocycles. The van der Waals surface area contributed by atoms with E-state index in [4.69, 9.17) is 4.98 Å². The summed E-state index contributed by atoms with van der Waals surface area (Å²) in [6.07, 6.45) is 0. The van der Waals surface area contributed by atoms with Gasteiger partial charge in [0, 0.05) is 20.1 Å². The number of carbonyl (C=O) groups excluding carboxylic acids is 1. The minimum atomic E-state index is -0.161. The maximum Gasteiger partial charge on any atom is 0.255 e. The van der Waals surface area contributed by atoms with Gasteiger partial charge in [0.25, 0.3) is 5.91 Å². The molecule has 1 aromatic heterocycles. The van der Waals surface area contributed by atoms with Crippen LogP contribution >= 0.6 is 43.2 Å². The number of hydrogen-bond donors (Lipinski definition) is 1. The molecule has 1 N–H and O–H groups in total. The summed E-state index contributed by atoms with van der Waals surface area (Å²) in [7, 11) is 0. The van der Waals surface area contributed by atoms with Crippen LogP contribution < -0.4 is 5.32 Å². The number of hydrogen-bond acceptors (Lipinski definition) is 3. The van der Waals surface area contributed by atoms with E-state index in [-0.39, 0.29) is 5.91 Å². The molecule has 0 saturated carbocycles. The third-order valence-corrected chi connectivity index (χ3v) is 6.98. The Morgan fingerprint density at radius 3 is 2.47 bits per heavy atom. The maximum absolute atomic E-state index is 13.1. The Morgan fingerprint density at radius 2 is 1.63 bits per heavy atom. The highest BCUT2D eigenvalue weighted by Crippen LogP contribution is 2.40. The Hall–Kier alpha value is -2.54. The fraction of sp³-hybridized carbons (Fsp3) is 0. The van der Waals surface area contributed by atoms with E-state index in [0.717, 1.165) is 40.5 Å². The molecule has 0 unspecified atom stereocenters. The number of para-hydroxylation sites is 1. The van der Waals surface area contributed by atoms with Crippen LogP contribution in [0.4, 0.5) is 5.69 Å². The normalized spacial score (nSPS) is 11.1. The van der Waals surface area contributed by atoms with Gasteiger partial charge in [0.2, 0.25) is 0 Å². The molecule has 0 atom stereocenters. The van der Waals surface area contributed by atoms with Crippen LogP contribution in [0.1, 0.15) is 10.4 Å². The van der Waals surface area contributed by atoms with E-state index in [1.54, 1.807) is 11.3 Å². The van der Waals surface area contributed by atoms with Gasteiger partial charge >= 0.3 is 0 Å². The van der Waals surface area contributed by atoms with Gasteiger partial charge in [-0.2, -0.15) is 0 Å². The summed E-state index contributed by atoms with van der Waals surface area (Å²) in [5, 5.41) is 6.08. The first-order valence-corrected chi connectivity index (χ1v) is 11.6. The maximum atomic E-state index is 13.1. The number of carbonyl (C=O) groups is 1. The van der Waals surface area contributed by atoms with E-state index < -0.39 is 0 Å². The van der Waals surface area contributed by atoms with E-state index in [9.17, 15) is 4.79 Å². The van der Waals surface area contributed by atoms with Gasteiger partial charge in [0.1, 0.15) is 5.01 Å². The van der Waals surface area contributed by atoms with Crippen molar-refractivity contribution < 1.29 is 4.79 Å². The van der Waals surface area contributed by atoms with Crippen molar-refractivity contribution in [2.24, 2.45) is 0 Å². The van der Waals surface area contributed by atoms with Gasteiger partial charge in [-0.05, 0) is 63.1 Å². The number of aromatic nitrogens is 1. The number of rotatable bonds is 3. The first-order valence-electron chi connectivity index (χ1n) is 9.23. The van der Waals surface area contributed by atoms with Crippen molar-refractivity contribution in [1.29, 1.82) is 0 Å². The molecule has 0 saturated heterocycles. The lowest BCUT2D eigenvalue weighted by Gasteiger charge is -2.13. The van der Waals surface area contributed by atoms with Crippen LogP contribution in [0.2, 0.25) is 0 Å². The van der Waals surface area contributed by atoms with Crippen LogP contribution in [0.25, 0.3) is 31.6 Å². The molecule has 0 aliphatic carbocycles. The third-order valence-electron chi connectivity index (χ3n) is 4.83. The van der Waals surface area contributed by atoms with Crippen molar-refractivity contribution in [3.8, 4) is 10.6 Å². The molecule has 146 valence electrons. The minimum Gasteiger partial charge on any atom is -0.320 e. The summed E-state index contributed by atoms with van der Waals surface area (Å²) >= 11 is 8.78. The second-order valence-electron chi connectivity index (χ2n) is 6.81. The van der Waals surface area contributed by atoms with Gasteiger partial charge in [-0.25, -0.2) is 4.98 Å². The minimum absolute atomic E-state index is 0.161. The lowest BCUT2D eigenvalue weighted by molar-refractivity contribution is 0.102. The first kappa shape index (κ1) is 19.4. The molecular weight excluding hydrogens is 524 g/mol. The van der Waals surface area contributed by atoms with E-state index in [0.29, 0.717) is 11.3 Å². The Kier molecular flexibility index (Phi) is 5.15. The summed E-state index contributed by atoms with van der Waals surface area (Å²) in [5.74, 6) is -0.161. The molecule has 4 aromatic carbocycles. The van der Waals surface area contributed by atoms with Crippen molar-refractivity contribution in [2.45, 2.75) is 0 Å². The van der Waals surface area contributed by atoms with Gasteiger partial charge in [-0.15, -0.1) is 11.3 Å². The zero-order valence-corrected chi connectivity index (χ0v) is 19.5. The number of fused-ring (bicyclic) bond motifs is 2. The van der Waals surface area contributed by atoms with E-state index in [1.807, 2.05) is 72.8 Å². The number of nitrogens with one attached hydrogen (secondary N) is 1. The fourth-order valence-electron chi connectivity index (χ4n) is 3.37. The zero-order valence-electron chi connectivity index (χ0n) is 15.5. The number of benzene rings is 4. The Labute approximate surface area is 194 Å². The van der Waals surface area contributed by atoms with Crippen LogP contribution in [0, 0.1) is 0 Å². The Bertz CT molecular complexity index is 1390. The van der Waals surface area contributed by atoms with Crippen molar-refractivity contribution in [3.05, 3.63) is 93.4 Å². The smallest absolute Gasteiger partial charge is 0.255 e. The molecule has 5 rings (SSSR count). The second kappa shape index (κ2) is 7.95. The van der Waals surface area contributed by atoms with Crippen LogP contribution in [-0.4, -0.2) is 10.9 Å². The predicted octanol–water partition coefficient (Wildman–Crippen LogP) is 7.89.